The third-order valence-electron chi connectivity index (χ3n) is 20.4. The van der Waals surface area contributed by atoms with Gasteiger partial charge >= 0.3 is 0 Å². The van der Waals surface area contributed by atoms with E-state index in [9.17, 15) is 0 Å². The van der Waals surface area contributed by atoms with Crippen molar-refractivity contribution in [2.75, 3.05) is 19.6 Å². The zero-order valence-electron chi connectivity index (χ0n) is 63.7. The zero-order chi connectivity index (χ0) is 69.5. The Labute approximate surface area is 579 Å². The summed E-state index contributed by atoms with van der Waals surface area (Å²) in [5, 5.41) is 11.6. The van der Waals surface area contributed by atoms with Crippen molar-refractivity contribution in [3.05, 3.63) is 196 Å². The van der Waals surface area contributed by atoms with Crippen molar-refractivity contribution in [1.82, 2.24) is 30.3 Å². The molecule has 3 aliphatic carbocycles. The van der Waals surface area contributed by atoms with E-state index in [-0.39, 0.29) is 17.1 Å². The Hall–Kier alpha value is -5.77. The molecule has 0 amide bonds. The summed E-state index contributed by atoms with van der Waals surface area (Å²) in [4.78, 5) is 8.49. The SMILES string of the molecule is CC(C)(C)C1CCCN1.CC(C)(C)C1Cc2ccccc2C1.CC(C)(C)C1OCc2ccccc2O1.CC(C)(C)N1CC2CCC1CC2.CC(C)(C)N1CCc2ccccc2C1.CC(C)(C)c1ccn[nH]1.CC(C)c1ccc2c(c1)C=CC2.CC(C)c1cccc2[nH]ccc12. The van der Waals surface area contributed by atoms with Crippen LogP contribution in [0.1, 0.15) is 258 Å². The van der Waals surface area contributed by atoms with E-state index in [0.29, 0.717) is 40.4 Å². The van der Waals surface area contributed by atoms with Crippen LogP contribution < -0.4 is 10.1 Å². The van der Waals surface area contributed by atoms with Crippen LogP contribution in [-0.4, -0.2) is 74.1 Å². The summed E-state index contributed by atoms with van der Waals surface area (Å²) < 4.78 is 11.4. The van der Waals surface area contributed by atoms with Gasteiger partial charge in [-0.1, -0.05) is 220 Å². The molecule has 95 heavy (non-hydrogen) atoms. The topological polar surface area (TPSA) is 81.4 Å². The van der Waals surface area contributed by atoms with Crippen molar-refractivity contribution in [3.63, 3.8) is 0 Å². The standard InChI is InChI=1S/C13H19N.C13H18.C12H16O2.C12H14.C11H21N.C11H13N.C8H17N.C7H12N2/c1-13(2,3)14-9-8-11-6-4-5-7-12(11)10-14;1-13(2,3)12-8-10-6-4-5-7-11(10)9-12;1-12(2,3)11-13-8-9-6-4-5-7-10(9)14-11;1-9(2)11-7-6-10-4-3-5-12(10)8-11;1-11(2,3)12-8-9-4-6-10(12)7-5-9;1-8(2)9-4-3-5-11-10(9)6-7-12-11;1-8(2,3)7-5-4-6-9-7;1-7(2,3)6-4-5-8-9-6/h4-7H,8-10H2,1-3H3;4-7,12H,8-9H2,1-3H3;4-7,11H,8H2,1-3H3;3,5-9H,4H2,1-2H3;9-10H,4-8H2,1-3H3;3-8,12H,1-2H3;7,9H,4-6H2,1-3H3;4-5H,1-3H3,(H,8,9). The van der Waals surface area contributed by atoms with E-state index in [1.54, 1.807) is 17.3 Å². The second-order valence-corrected chi connectivity index (χ2v) is 35.0. The molecule has 0 spiro atoms. The maximum absolute atomic E-state index is 5.77. The first-order valence-corrected chi connectivity index (χ1v) is 36.7. The van der Waals surface area contributed by atoms with Crippen LogP contribution in [0.4, 0.5) is 0 Å². The van der Waals surface area contributed by atoms with Crippen molar-refractivity contribution >= 4 is 17.0 Å². The predicted octanol–water partition coefficient (Wildman–Crippen LogP) is 22.1. The Balaban J connectivity index is 0.000000154. The first-order valence-electron chi connectivity index (χ1n) is 36.7. The predicted molar refractivity (Wildman–Crippen MR) is 408 cm³/mol. The van der Waals surface area contributed by atoms with E-state index >= 15 is 0 Å². The number of hydrogen-bond donors (Lipinski definition) is 3. The highest BCUT2D eigenvalue weighted by Gasteiger charge is 2.39. The molecule has 4 fully saturated rings. The molecule has 7 aromatic rings. The lowest BCUT2D eigenvalue weighted by molar-refractivity contribution is -0.163. The molecule has 520 valence electrons. The van der Waals surface area contributed by atoms with Crippen LogP contribution >= 0.6 is 0 Å². The zero-order valence-corrected chi connectivity index (χ0v) is 63.7. The first kappa shape index (κ1) is 76.6. The second-order valence-electron chi connectivity index (χ2n) is 35.0. The molecule has 2 bridgehead atoms. The summed E-state index contributed by atoms with van der Waals surface area (Å²) in [6.07, 6.45) is 21.6. The summed E-state index contributed by atoms with van der Waals surface area (Å²) in [6.45, 7) is 55.2. The summed E-state index contributed by atoms with van der Waals surface area (Å²) in [5.74, 6) is 4.06. The molecule has 8 heteroatoms. The maximum atomic E-state index is 5.77. The van der Waals surface area contributed by atoms with Gasteiger partial charge in [-0.3, -0.25) is 14.9 Å². The van der Waals surface area contributed by atoms with Crippen LogP contribution in [-0.2, 0) is 49.0 Å². The Kier molecular flexibility index (Phi) is 27.1. The number of rotatable bonds is 2. The van der Waals surface area contributed by atoms with Crippen LogP contribution in [0.2, 0.25) is 0 Å². The van der Waals surface area contributed by atoms with Gasteiger partial charge in [0, 0.05) is 88.2 Å². The largest absolute Gasteiger partial charge is 0.464 e. The van der Waals surface area contributed by atoms with E-state index in [1.807, 2.05) is 36.5 Å². The number of allylic oxidation sites excluding steroid dienone is 1. The Morgan fingerprint density at radius 3 is 1.71 bits per heavy atom. The molecule has 7 heterocycles. The summed E-state index contributed by atoms with van der Waals surface area (Å²) in [6, 6.07) is 44.7. The van der Waals surface area contributed by atoms with Gasteiger partial charge < -0.3 is 19.8 Å². The van der Waals surface area contributed by atoms with Gasteiger partial charge in [-0.25, -0.2) is 0 Å². The van der Waals surface area contributed by atoms with Crippen LogP contribution in [0, 0.1) is 28.1 Å². The Morgan fingerprint density at radius 1 is 0.579 bits per heavy atom. The number of para-hydroxylation sites is 1. The van der Waals surface area contributed by atoms with Gasteiger partial charge in [0.2, 0.25) is 6.29 Å². The van der Waals surface area contributed by atoms with Gasteiger partial charge in [-0.2, -0.15) is 5.10 Å². The molecular formula is C87H130N6O2. The first-order chi connectivity index (χ1) is 44.6. The van der Waals surface area contributed by atoms with Crippen molar-refractivity contribution in [2.45, 2.75) is 276 Å². The monoisotopic (exact) mass is 1290 g/mol. The molecule has 5 aliphatic heterocycles. The normalized spacial score (nSPS) is 19.9. The van der Waals surface area contributed by atoms with Gasteiger partial charge in [0.1, 0.15) is 5.75 Å². The lowest BCUT2D eigenvalue weighted by atomic mass is 9.78. The van der Waals surface area contributed by atoms with Gasteiger partial charge in [0.15, 0.2) is 0 Å². The second kappa shape index (κ2) is 33.7. The number of fused-ring (bicyclic) bond motifs is 8. The average Bonchev–Trinajstić information content (AvgIpc) is 1.82. The molecule has 5 aromatic carbocycles. The van der Waals surface area contributed by atoms with Gasteiger partial charge in [0.05, 0.1) is 6.61 Å². The number of nitrogens with one attached hydrogen (secondary N) is 3. The van der Waals surface area contributed by atoms with Crippen molar-refractivity contribution in [3.8, 4) is 5.75 Å². The van der Waals surface area contributed by atoms with Crippen LogP contribution in [0.25, 0.3) is 17.0 Å². The van der Waals surface area contributed by atoms with E-state index in [1.165, 1.54) is 127 Å². The molecule has 2 unspecified atom stereocenters. The van der Waals surface area contributed by atoms with Gasteiger partial charge in [0.25, 0.3) is 0 Å². The third kappa shape index (κ3) is 23.2. The highest BCUT2D eigenvalue weighted by Crippen LogP contribution is 2.40. The molecule has 3 N–H and O–H groups in total. The molecule has 8 aliphatic rings. The molecule has 3 saturated heterocycles. The minimum absolute atomic E-state index is 0.0214. The molecule has 8 nitrogen and oxygen atoms in total. The molecule has 2 atom stereocenters. The Morgan fingerprint density at radius 2 is 1.21 bits per heavy atom. The highest BCUT2D eigenvalue weighted by molar-refractivity contribution is 5.83. The van der Waals surface area contributed by atoms with Gasteiger partial charge in [-0.15, -0.1) is 0 Å². The fourth-order valence-electron chi connectivity index (χ4n) is 13.9. The fourth-order valence-corrected chi connectivity index (χ4v) is 13.9. The van der Waals surface area contributed by atoms with Crippen molar-refractivity contribution in [1.29, 1.82) is 0 Å². The maximum Gasteiger partial charge on any atom is 0.205 e. The van der Waals surface area contributed by atoms with Crippen LogP contribution in [0.15, 0.2) is 140 Å². The van der Waals surface area contributed by atoms with Crippen molar-refractivity contribution in [2.24, 2.45) is 28.1 Å². The van der Waals surface area contributed by atoms with Gasteiger partial charge in [-0.05, 0) is 216 Å². The van der Waals surface area contributed by atoms with E-state index in [0.717, 1.165) is 48.2 Å². The third-order valence-corrected chi connectivity index (χ3v) is 20.4. The van der Waals surface area contributed by atoms with Crippen LogP contribution in [0.3, 0.4) is 0 Å². The number of nitrogens with zero attached hydrogens (tertiary/aromatic N) is 3. The van der Waals surface area contributed by atoms with Crippen molar-refractivity contribution < 1.29 is 9.47 Å². The smallest absolute Gasteiger partial charge is 0.205 e. The molecular weight excluding hydrogens is 1160 g/mol. The lowest BCUT2D eigenvalue weighted by Gasteiger charge is -2.51. The minimum Gasteiger partial charge on any atom is -0.464 e. The summed E-state index contributed by atoms with van der Waals surface area (Å²) >= 11 is 0. The van der Waals surface area contributed by atoms with Crippen LogP contribution in [0.5, 0.6) is 5.75 Å². The number of ether oxygens (including phenoxy) is 2. The number of aromatic amines is 2. The number of H-pyrrole nitrogens is 2. The quantitative estimate of drug-likeness (QED) is 0.160. The molecule has 15 rings (SSSR count). The fraction of sp³-hybridized carbons (Fsp3) is 0.575. The van der Waals surface area contributed by atoms with E-state index in [4.69, 9.17) is 9.47 Å². The molecule has 2 aromatic heterocycles. The molecule has 0 radical (unpaired) electrons. The average molecular weight is 1290 g/mol. The highest BCUT2D eigenvalue weighted by atomic mass is 16.7. The Bertz CT molecular complexity index is 3330. The number of benzene rings is 5. The lowest BCUT2D eigenvalue weighted by Crippen LogP contribution is -2.56. The number of hydrogen-bond acceptors (Lipinski definition) is 6. The summed E-state index contributed by atoms with van der Waals surface area (Å²) in [7, 11) is 0. The summed E-state index contributed by atoms with van der Waals surface area (Å²) in [5.41, 5.74) is 17.4. The van der Waals surface area contributed by atoms with E-state index < -0.39 is 0 Å². The number of aromatic nitrogens is 3. The number of piperidine rings is 2. The minimum atomic E-state index is -0.141. The van der Waals surface area contributed by atoms with E-state index in [2.05, 4.69) is 286 Å². The molecule has 1 saturated carbocycles.